The van der Waals surface area contributed by atoms with Crippen LogP contribution in [0.4, 0.5) is 0 Å². The second kappa shape index (κ2) is 5.05. The lowest BCUT2D eigenvalue weighted by atomic mass is 10.0. The molecule has 0 bridgehead atoms. The van der Waals surface area contributed by atoms with E-state index in [1.807, 2.05) is 24.3 Å². The molecule has 0 aliphatic carbocycles. The van der Waals surface area contributed by atoms with Crippen LogP contribution in [0.3, 0.4) is 0 Å². The van der Waals surface area contributed by atoms with E-state index in [2.05, 4.69) is 0 Å². The van der Waals surface area contributed by atoms with Crippen molar-refractivity contribution in [2.75, 3.05) is 0 Å². The monoisotopic (exact) mass is 264 g/mol. The number of phenolic OH excluding ortho intramolecular Hbond substituents is 1. The molecule has 0 unspecified atom stereocenters. The molecule has 20 heavy (non-hydrogen) atoms. The summed E-state index contributed by atoms with van der Waals surface area (Å²) in [6, 6.07) is 14.4. The van der Waals surface area contributed by atoms with E-state index in [4.69, 9.17) is 4.42 Å². The van der Waals surface area contributed by atoms with Crippen LogP contribution >= 0.6 is 0 Å². The Labute approximate surface area is 115 Å². The van der Waals surface area contributed by atoms with E-state index in [9.17, 15) is 9.90 Å². The molecule has 0 radical (unpaired) electrons. The molecular weight excluding hydrogens is 252 g/mol. The van der Waals surface area contributed by atoms with Crippen LogP contribution in [0.15, 0.2) is 65.3 Å². The summed E-state index contributed by atoms with van der Waals surface area (Å²) in [5.74, 6) is 0.348. The van der Waals surface area contributed by atoms with E-state index in [0.29, 0.717) is 11.1 Å². The SMILES string of the molecule is O=C(/C=C/c1ccco1)c1ccc2ccccc2c1O. The second-order valence-corrected chi connectivity index (χ2v) is 4.40. The number of furan rings is 1. The van der Waals surface area contributed by atoms with Gasteiger partial charge >= 0.3 is 0 Å². The summed E-state index contributed by atoms with van der Waals surface area (Å²) < 4.78 is 5.12. The Balaban J connectivity index is 1.98. The van der Waals surface area contributed by atoms with Crippen LogP contribution in [0.25, 0.3) is 16.8 Å². The third kappa shape index (κ3) is 2.21. The van der Waals surface area contributed by atoms with Crippen molar-refractivity contribution in [2.45, 2.75) is 0 Å². The van der Waals surface area contributed by atoms with Crippen LogP contribution in [0.2, 0.25) is 0 Å². The van der Waals surface area contributed by atoms with Gasteiger partial charge in [0.25, 0.3) is 0 Å². The number of fused-ring (bicyclic) bond motifs is 1. The first kappa shape index (κ1) is 12.2. The third-order valence-corrected chi connectivity index (χ3v) is 3.11. The summed E-state index contributed by atoms with van der Waals surface area (Å²) in [6.07, 6.45) is 4.51. The number of ketones is 1. The number of rotatable bonds is 3. The number of aromatic hydroxyl groups is 1. The predicted octanol–water partition coefficient (Wildman–Crippen LogP) is 4.03. The maximum absolute atomic E-state index is 12.1. The Morgan fingerprint density at radius 2 is 1.90 bits per heavy atom. The molecule has 0 saturated carbocycles. The number of benzene rings is 2. The average molecular weight is 264 g/mol. The quantitative estimate of drug-likeness (QED) is 0.574. The molecule has 0 aliphatic rings. The van der Waals surface area contributed by atoms with E-state index >= 15 is 0 Å². The van der Waals surface area contributed by atoms with Crippen molar-refractivity contribution in [1.29, 1.82) is 0 Å². The lowest BCUT2D eigenvalue weighted by Gasteiger charge is -2.05. The number of phenols is 1. The van der Waals surface area contributed by atoms with Crippen LogP contribution in [0, 0.1) is 0 Å². The molecule has 3 heteroatoms. The third-order valence-electron chi connectivity index (χ3n) is 3.11. The van der Waals surface area contributed by atoms with Crippen LogP contribution in [0.5, 0.6) is 5.75 Å². The van der Waals surface area contributed by atoms with Gasteiger partial charge in [-0.05, 0) is 35.7 Å². The minimum absolute atomic E-state index is 0.0113. The Kier molecular flexibility index (Phi) is 3.09. The molecule has 1 aromatic heterocycles. The molecule has 0 aliphatic heterocycles. The Hall–Kier alpha value is -2.81. The van der Waals surface area contributed by atoms with E-state index in [-0.39, 0.29) is 17.1 Å². The first-order chi connectivity index (χ1) is 9.75. The molecule has 2 aromatic carbocycles. The maximum Gasteiger partial charge on any atom is 0.189 e. The van der Waals surface area contributed by atoms with Gasteiger partial charge in [0.15, 0.2) is 5.78 Å². The van der Waals surface area contributed by atoms with Gasteiger partial charge in [-0.25, -0.2) is 0 Å². The van der Waals surface area contributed by atoms with Gasteiger partial charge in [-0.15, -0.1) is 0 Å². The first-order valence-corrected chi connectivity index (χ1v) is 6.22. The molecule has 1 heterocycles. The van der Waals surface area contributed by atoms with E-state index in [0.717, 1.165) is 5.39 Å². The maximum atomic E-state index is 12.1. The summed E-state index contributed by atoms with van der Waals surface area (Å²) in [5.41, 5.74) is 0.284. The molecule has 1 N–H and O–H groups in total. The highest BCUT2D eigenvalue weighted by atomic mass is 16.3. The zero-order valence-electron chi connectivity index (χ0n) is 10.6. The molecule has 98 valence electrons. The first-order valence-electron chi connectivity index (χ1n) is 6.22. The predicted molar refractivity (Wildman–Crippen MR) is 77.7 cm³/mol. The Bertz CT molecular complexity index is 783. The van der Waals surface area contributed by atoms with Crippen molar-refractivity contribution in [3.8, 4) is 5.75 Å². The molecular formula is C17H12O3. The molecule has 0 fully saturated rings. The number of allylic oxidation sites excluding steroid dienone is 1. The van der Waals surface area contributed by atoms with Crippen molar-refractivity contribution >= 4 is 22.6 Å². The minimum Gasteiger partial charge on any atom is -0.507 e. The summed E-state index contributed by atoms with van der Waals surface area (Å²) in [7, 11) is 0. The highest BCUT2D eigenvalue weighted by Gasteiger charge is 2.11. The van der Waals surface area contributed by atoms with Gasteiger partial charge in [0.2, 0.25) is 0 Å². The summed E-state index contributed by atoms with van der Waals surface area (Å²) in [5, 5.41) is 11.8. The van der Waals surface area contributed by atoms with Crippen LogP contribution in [0.1, 0.15) is 16.1 Å². The number of carbonyl (C=O) groups excluding carboxylic acids is 1. The van der Waals surface area contributed by atoms with E-state index < -0.39 is 0 Å². The van der Waals surface area contributed by atoms with Gasteiger partial charge < -0.3 is 9.52 Å². The highest BCUT2D eigenvalue weighted by molar-refractivity contribution is 6.11. The molecule has 0 spiro atoms. The van der Waals surface area contributed by atoms with Crippen molar-refractivity contribution in [1.82, 2.24) is 0 Å². The lowest BCUT2D eigenvalue weighted by Crippen LogP contribution is -1.95. The standard InChI is InChI=1S/C17H12O3/c18-16(10-8-13-5-3-11-20-13)15-9-7-12-4-1-2-6-14(12)17(15)19/h1-11,19H/b10-8+. The average Bonchev–Trinajstić information content (AvgIpc) is 2.99. The zero-order chi connectivity index (χ0) is 13.9. The van der Waals surface area contributed by atoms with E-state index in [1.165, 1.54) is 12.3 Å². The van der Waals surface area contributed by atoms with Gasteiger partial charge in [0.1, 0.15) is 11.5 Å². The van der Waals surface area contributed by atoms with Gasteiger partial charge in [-0.1, -0.05) is 30.3 Å². The molecule has 3 aromatic rings. The topological polar surface area (TPSA) is 50.4 Å². The second-order valence-electron chi connectivity index (χ2n) is 4.40. The smallest absolute Gasteiger partial charge is 0.189 e. The zero-order valence-corrected chi connectivity index (χ0v) is 10.6. The summed E-state index contributed by atoms with van der Waals surface area (Å²) in [4.78, 5) is 12.1. The Morgan fingerprint density at radius 3 is 2.70 bits per heavy atom. The fraction of sp³-hybridized carbons (Fsp3) is 0. The molecule has 3 rings (SSSR count). The molecule has 0 amide bonds. The van der Waals surface area contributed by atoms with E-state index in [1.54, 1.807) is 30.3 Å². The van der Waals surface area contributed by atoms with Crippen LogP contribution in [-0.4, -0.2) is 10.9 Å². The van der Waals surface area contributed by atoms with Gasteiger partial charge in [0, 0.05) is 5.39 Å². The van der Waals surface area contributed by atoms with Crippen molar-refractivity contribution in [3.05, 3.63) is 72.2 Å². The fourth-order valence-electron chi connectivity index (χ4n) is 2.09. The van der Waals surface area contributed by atoms with Gasteiger partial charge in [0.05, 0.1) is 11.8 Å². The number of hydrogen-bond acceptors (Lipinski definition) is 3. The summed E-state index contributed by atoms with van der Waals surface area (Å²) in [6.45, 7) is 0. The molecule has 0 saturated heterocycles. The van der Waals surface area contributed by atoms with Crippen LogP contribution in [-0.2, 0) is 0 Å². The van der Waals surface area contributed by atoms with Gasteiger partial charge in [-0.2, -0.15) is 0 Å². The van der Waals surface area contributed by atoms with Crippen molar-refractivity contribution in [3.63, 3.8) is 0 Å². The Morgan fingerprint density at radius 1 is 1.05 bits per heavy atom. The highest BCUT2D eigenvalue weighted by Crippen LogP contribution is 2.29. The number of carbonyl (C=O) groups is 1. The molecule has 0 atom stereocenters. The van der Waals surface area contributed by atoms with Crippen molar-refractivity contribution < 1.29 is 14.3 Å². The lowest BCUT2D eigenvalue weighted by molar-refractivity contribution is 0.104. The summed E-state index contributed by atoms with van der Waals surface area (Å²) >= 11 is 0. The normalized spacial score (nSPS) is 11.2. The van der Waals surface area contributed by atoms with Crippen molar-refractivity contribution in [2.24, 2.45) is 0 Å². The largest absolute Gasteiger partial charge is 0.507 e. The van der Waals surface area contributed by atoms with Gasteiger partial charge in [-0.3, -0.25) is 4.79 Å². The molecule has 3 nitrogen and oxygen atoms in total. The van der Waals surface area contributed by atoms with Crippen LogP contribution < -0.4 is 0 Å². The fourth-order valence-corrected chi connectivity index (χ4v) is 2.09. The number of hydrogen-bond donors (Lipinski definition) is 1. The minimum atomic E-state index is -0.260.